The summed E-state index contributed by atoms with van der Waals surface area (Å²) in [4.78, 5) is 24.4. The number of para-hydroxylation sites is 1. The van der Waals surface area contributed by atoms with Crippen LogP contribution in [0.1, 0.15) is 16.1 Å². The Balaban J connectivity index is 1.69. The van der Waals surface area contributed by atoms with Crippen LogP contribution in [-0.2, 0) is 20.9 Å². The van der Waals surface area contributed by atoms with Crippen LogP contribution in [0.5, 0.6) is 0 Å². The van der Waals surface area contributed by atoms with Crippen molar-refractivity contribution in [3.8, 4) is 0 Å². The molecule has 1 aromatic heterocycles. The first kappa shape index (κ1) is 19.2. The molecule has 3 aromatic rings. The number of nitrogens with one attached hydrogen (secondary N) is 1. The molecule has 0 atom stereocenters. The summed E-state index contributed by atoms with van der Waals surface area (Å²) >= 11 is 11.8. The van der Waals surface area contributed by atoms with Crippen molar-refractivity contribution in [2.24, 2.45) is 0 Å². The van der Waals surface area contributed by atoms with E-state index < -0.39 is 18.5 Å². The van der Waals surface area contributed by atoms with Crippen molar-refractivity contribution in [2.45, 2.75) is 6.61 Å². The highest BCUT2D eigenvalue weighted by molar-refractivity contribution is 6.36. The number of hydrogen-bond donors (Lipinski definition) is 1. The second-order valence-corrected chi connectivity index (χ2v) is 6.43. The zero-order valence-corrected chi connectivity index (χ0v) is 15.8. The highest BCUT2D eigenvalue weighted by atomic mass is 35.5. The average Bonchev–Trinajstić information content (AvgIpc) is 3.01. The topological polar surface area (TPSA) is 77.8 Å². The molecule has 0 saturated heterocycles. The third kappa shape index (κ3) is 4.42. The van der Waals surface area contributed by atoms with E-state index in [2.05, 4.69) is 5.32 Å². The maximum Gasteiger partial charge on any atom is 0.375 e. The zero-order valence-electron chi connectivity index (χ0n) is 14.3. The van der Waals surface area contributed by atoms with E-state index >= 15 is 0 Å². The summed E-state index contributed by atoms with van der Waals surface area (Å²) in [6.45, 7) is -0.324. The van der Waals surface area contributed by atoms with E-state index in [1.54, 1.807) is 24.3 Å². The number of anilines is 1. The van der Waals surface area contributed by atoms with Crippen LogP contribution in [0.4, 0.5) is 5.69 Å². The summed E-state index contributed by atoms with van der Waals surface area (Å²) in [5.74, 6) is -1.29. The minimum Gasteiger partial charge on any atom is -0.450 e. The van der Waals surface area contributed by atoms with Gasteiger partial charge in [0.05, 0.1) is 17.3 Å². The summed E-state index contributed by atoms with van der Waals surface area (Å²) in [6, 6.07) is 11.8. The molecule has 3 rings (SSSR count). The summed E-state index contributed by atoms with van der Waals surface area (Å²) in [5.41, 5.74) is 1.47. The Hall–Kier alpha value is -2.54. The molecule has 0 radical (unpaired) electrons. The van der Waals surface area contributed by atoms with E-state index in [4.69, 9.17) is 37.1 Å². The number of amides is 1. The number of methoxy groups -OCH3 is 1. The predicted octanol–water partition coefficient (Wildman–Crippen LogP) is 4.68. The molecule has 0 aliphatic carbocycles. The van der Waals surface area contributed by atoms with Crippen molar-refractivity contribution in [1.29, 1.82) is 0 Å². The van der Waals surface area contributed by atoms with Crippen molar-refractivity contribution in [3.05, 3.63) is 63.8 Å². The molecule has 27 heavy (non-hydrogen) atoms. The van der Waals surface area contributed by atoms with Gasteiger partial charge in [0.2, 0.25) is 5.76 Å². The fourth-order valence-electron chi connectivity index (χ4n) is 2.53. The molecule has 0 unspecified atom stereocenters. The molecular weight excluding hydrogens is 393 g/mol. The van der Waals surface area contributed by atoms with E-state index in [1.807, 2.05) is 12.1 Å². The number of hydrogen-bond acceptors (Lipinski definition) is 5. The van der Waals surface area contributed by atoms with Crippen molar-refractivity contribution < 1.29 is 23.5 Å². The van der Waals surface area contributed by atoms with E-state index in [0.29, 0.717) is 21.9 Å². The summed E-state index contributed by atoms with van der Waals surface area (Å²) in [6.07, 6.45) is 0. The fraction of sp³-hybridized carbons (Fsp3) is 0.158. The van der Waals surface area contributed by atoms with Gasteiger partial charge >= 0.3 is 5.97 Å². The second-order valence-electron chi connectivity index (χ2n) is 5.59. The van der Waals surface area contributed by atoms with Gasteiger partial charge in [0.15, 0.2) is 6.61 Å². The van der Waals surface area contributed by atoms with Crippen LogP contribution in [0, 0.1) is 0 Å². The lowest BCUT2D eigenvalue weighted by Gasteiger charge is -2.08. The number of furan rings is 1. The molecule has 140 valence electrons. The normalized spacial score (nSPS) is 10.8. The molecule has 0 aliphatic rings. The van der Waals surface area contributed by atoms with Crippen LogP contribution in [0.15, 0.2) is 46.9 Å². The average molecular weight is 408 g/mol. The quantitative estimate of drug-likeness (QED) is 0.600. The predicted molar refractivity (Wildman–Crippen MR) is 102 cm³/mol. The second kappa shape index (κ2) is 8.43. The Kier molecular flexibility index (Phi) is 6.01. The lowest BCUT2D eigenvalue weighted by atomic mass is 10.1. The molecule has 0 bridgehead atoms. The number of rotatable bonds is 6. The van der Waals surface area contributed by atoms with Crippen molar-refractivity contribution in [1.82, 2.24) is 0 Å². The highest BCUT2D eigenvalue weighted by Crippen LogP contribution is 2.27. The molecule has 2 aromatic carbocycles. The van der Waals surface area contributed by atoms with Gasteiger partial charge in [-0.15, -0.1) is 0 Å². The van der Waals surface area contributed by atoms with Gasteiger partial charge in [0.1, 0.15) is 5.58 Å². The number of benzene rings is 2. The largest absolute Gasteiger partial charge is 0.450 e. The third-order valence-corrected chi connectivity index (χ3v) is 4.26. The molecule has 0 saturated carbocycles. The number of carbonyl (C=O) groups is 2. The number of halogens is 2. The minimum absolute atomic E-state index is 0.00961. The molecular formula is C19H15Cl2NO5. The first-order valence-corrected chi connectivity index (χ1v) is 8.66. The molecule has 0 fully saturated rings. The van der Waals surface area contributed by atoms with Crippen LogP contribution in [0.25, 0.3) is 11.0 Å². The number of fused-ring (bicyclic) bond motifs is 1. The maximum atomic E-state index is 12.4. The van der Waals surface area contributed by atoms with E-state index in [0.717, 1.165) is 5.39 Å². The van der Waals surface area contributed by atoms with Crippen molar-refractivity contribution >= 4 is 51.7 Å². The van der Waals surface area contributed by atoms with E-state index in [9.17, 15) is 9.59 Å². The van der Waals surface area contributed by atoms with Crippen LogP contribution in [0.3, 0.4) is 0 Å². The Morgan fingerprint density at radius 2 is 1.93 bits per heavy atom. The molecule has 8 heteroatoms. The van der Waals surface area contributed by atoms with Crippen LogP contribution < -0.4 is 5.32 Å². The SMILES string of the molecule is COCc1c(C(=O)OCC(=O)Nc2ccc(Cl)cc2Cl)oc2ccccc12. The number of ether oxygens (including phenoxy) is 2. The fourth-order valence-corrected chi connectivity index (χ4v) is 2.98. The molecule has 1 amide bonds. The lowest BCUT2D eigenvalue weighted by Crippen LogP contribution is -2.21. The summed E-state index contributed by atoms with van der Waals surface area (Å²) in [5, 5.41) is 4.03. The van der Waals surface area contributed by atoms with Gasteiger partial charge in [-0.05, 0) is 24.3 Å². The van der Waals surface area contributed by atoms with Gasteiger partial charge in [-0.2, -0.15) is 0 Å². The van der Waals surface area contributed by atoms with Crippen LogP contribution in [0.2, 0.25) is 10.0 Å². The molecule has 0 aliphatic heterocycles. The molecule has 1 N–H and O–H groups in total. The van der Waals surface area contributed by atoms with E-state index in [1.165, 1.54) is 13.2 Å². The Bertz CT molecular complexity index is 999. The van der Waals surface area contributed by atoms with Gasteiger partial charge in [-0.1, -0.05) is 41.4 Å². The molecule has 1 heterocycles. The van der Waals surface area contributed by atoms with Gasteiger partial charge in [0, 0.05) is 23.1 Å². The Labute approximate surface area is 164 Å². The first-order chi connectivity index (χ1) is 13.0. The van der Waals surface area contributed by atoms with Crippen molar-refractivity contribution in [3.63, 3.8) is 0 Å². The zero-order chi connectivity index (χ0) is 19.4. The van der Waals surface area contributed by atoms with Crippen LogP contribution in [-0.4, -0.2) is 25.6 Å². The molecule has 6 nitrogen and oxygen atoms in total. The molecule has 0 spiro atoms. The smallest absolute Gasteiger partial charge is 0.375 e. The van der Waals surface area contributed by atoms with Gasteiger partial charge in [-0.3, -0.25) is 4.79 Å². The number of esters is 1. The van der Waals surface area contributed by atoms with Crippen LogP contribution >= 0.6 is 23.2 Å². The van der Waals surface area contributed by atoms with Crippen molar-refractivity contribution in [2.75, 3.05) is 19.0 Å². The van der Waals surface area contributed by atoms with Gasteiger partial charge in [0.25, 0.3) is 5.91 Å². The Morgan fingerprint density at radius 1 is 1.15 bits per heavy atom. The van der Waals surface area contributed by atoms with Gasteiger partial charge < -0.3 is 19.2 Å². The standard InChI is InChI=1S/C19H15Cl2NO5/c1-25-9-13-12-4-2-3-5-16(12)27-18(13)19(24)26-10-17(23)22-15-7-6-11(20)8-14(15)21/h2-8H,9-10H2,1H3,(H,22,23). The third-order valence-electron chi connectivity index (χ3n) is 3.71. The Morgan fingerprint density at radius 3 is 2.67 bits per heavy atom. The monoisotopic (exact) mass is 407 g/mol. The summed E-state index contributed by atoms with van der Waals surface area (Å²) < 4.78 is 15.8. The van der Waals surface area contributed by atoms with Gasteiger partial charge in [-0.25, -0.2) is 4.79 Å². The first-order valence-electron chi connectivity index (χ1n) is 7.91. The van der Waals surface area contributed by atoms with E-state index in [-0.39, 0.29) is 17.4 Å². The summed E-state index contributed by atoms with van der Waals surface area (Å²) in [7, 11) is 1.51. The highest BCUT2D eigenvalue weighted by Gasteiger charge is 2.22. The maximum absolute atomic E-state index is 12.4. The lowest BCUT2D eigenvalue weighted by molar-refractivity contribution is -0.119. The number of carbonyl (C=O) groups excluding carboxylic acids is 2. The minimum atomic E-state index is -0.754.